The largest absolute Gasteiger partial charge is 0.152 e. The Morgan fingerprint density at radius 3 is 2.30 bits per heavy atom. The Balaban J connectivity index is 2.69. The molecule has 0 aromatic heterocycles. The summed E-state index contributed by atoms with van der Waals surface area (Å²) in [7, 11) is -0.799. The summed E-state index contributed by atoms with van der Waals surface area (Å²) in [6.07, 6.45) is 5.43. The molecule has 0 saturated carbocycles. The van der Waals surface area contributed by atoms with Gasteiger partial charge in [-0.15, -0.1) is 11.7 Å². The van der Waals surface area contributed by atoms with Gasteiger partial charge in [0, 0.05) is 5.25 Å². The fourth-order valence-electron chi connectivity index (χ4n) is 0.923. The molecular formula is C8H14S2. The minimum atomic E-state index is -0.799. The molecule has 0 saturated heterocycles. The summed E-state index contributed by atoms with van der Waals surface area (Å²) in [6.45, 7) is 4.48. The Morgan fingerprint density at radius 2 is 1.90 bits per heavy atom. The predicted molar refractivity (Wildman–Crippen MR) is 54.6 cm³/mol. The molecule has 1 heterocycles. The summed E-state index contributed by atoms with van der Waals surface area (Å²) < 4.78 is 0. The van der Waals surface area contributed by atoms with E-state index in [1.807, 2.05) is 0 Å². The first-order chi connectivity index (χ1) is 4.69. The first kappa shape index (κ1) is 8.28. The molecule has 0 nitrogen and oxygen atoms in total. The van der Waals surface area contributed by atoms with Crippen molar-refractivity contribution in [1.82, 2.24) is 0 Å². The van der Waals surface area contributed by atoms with Gasteiger partial charge in [0.15, 0.2) is 0 Å². The minimum Gasteiger partial charge on any atom is -0.152 e. The third-order valence-electron chi connectivity index (χ3n) is 1.92. The molecule has 1 unspecified atom stereocenters. The first-order valence-electron chi connectivity index (χ1n) is 3.58. The van der Waals surface area contributed by atoms with Crippen molar-refractivity contribution >= 4 is 20.7 Å². The SMILES string of the molecule is CCC(C)S1(S)C=CC=C1. The van der Waals surface area contributed by atoms with Gasteiger partial charge in [-0.3, -0.25) is 0 Å². The molecule has 1 atom stereocenters. The zero-order chi connectivity index (χ0) is 7.61. The van der Waals surface area contributed by atoms with Crippen molar-refractivity contribution in [3.8, 4) is 0 Å². The molecule has 0 N–H and O–H groups in total. The molecule has 0 amide bonds. The van der Waals surface area contributed by atoms with Crippen molar-refractivity contribution in [2.45, 2.75) is 25.5 Å². The Hall–Kier alpha value is 0.180. The highest BCUT2D eigenvalue weighted by atomic mass is 33.1. The summed E-state index contributed by atoms with van der Waals surface area (Å²) in [6, 6.07) is 0. The predicted octanol–water partition coefficient (Wildman–Crippen LogP) is 3.48. The second-order valence-electron chi connectivity index (χ2n) is 2.60. The van der Waals surface area contributed by atoms with E-state index in [4.69, 9.17) is 0 Å². The molecule has 0 aliphatic carbocycles. The monoisotopic (exact) mass is 174 g/mol. The van der Waals surface area contributed by atoms with Crippen molar-refractivity contribution < 1.29 is 0 Å². The lowest BCUT2D eigenvalue weighted by atomic mass is 10.4. The molecule has 0 spiro atoms. The smallest absolute Gasteiger partial charge is 0.00105 e. The summed E-state index contributed by atoms with van der Waals surface area (Å²) in [5, 5.41) is 5.19. The topological polar surface area (TPSA) is 0 Å². The lowest BCUT2D eigenvalue weighted by Gasteiger charge is -2.31. The van der Waals surface area contributed by atoms with Gasteiger partial charge in [-0.25, -0.2) is 0 Å². The lowest BCUT2D eigenvalue weighted by molar-refractivity contribution is 0.905. The Kier molecular flexibility index (Phi) is 2.53. The van der Waals surface area contributed by atoms with Crippen molar-refractivity contribution in [3.63, 3.8) is 0 Å². The fraction of sp³-hybridized carbons (Fsp3) is 0.500. The molecule has 58 valence electrons. The van der Waals surface area contributed by atoms with Crippen LogP contribution in [0.2, 0.25) is 0 Å². The zero-order valence-electron chi connectivity index (χ0n) is 6.45. The van der Waals surface area contributed by atoms with Crippen LogP contribution >= 0.6 is 20.7 Å². The maximum atomic E-state index is 4.67. The Bertz CT molecular complexity index is 158. The number of thiol groups is 1. The molecule has 0 radical (unpaired) electrons. The van der Waals surface area contributed by atoms with E-state index in [9.17, 15) is 0 Å². The quantitative estimate of drug-likeness (QED) is 0.481. The average molecular weight is 174 g/mol. The second kappa shape index (κ2) is 3.05. The van der Waals surface area contributed by atoms with E-state index in [2.05, 4.69) is 48.5 Å². The third kappa shape index (κ3) is 1.43. The van der Waals surface area contributed by atoms with Crippen molar-refractivity contribution in [3.05, 3.63) is 23.0 Å². The minimum absolute atomic E-state index is 0.714. The molecule has 0 aromatic rings. The van der Waals surface area contributed by atoms with Crippen LogP contribution in [-0.4, -0.2) is 5.25 Å². The maximum absolute atomic E-state index is 4.67. The number of allylic oxidation sites excluding steroid dienone is 2. The van der Waals surface area contributed by atoms with Crippen LogP contribution in [0.5, 0.6) is 0 Å². The number of rotatable bonds is 2. The van der Waals surface area contributed by atoms with Crippen LogP contribution in [-0.2, 0) is 0 Å². The van der Waals surface area contributed by atoms with Gasteiger partial charge in [0.2, 0.25) is 0 Å². The molecule has 1 aliphatic heterocycles. The van der Waals surface area contributed by atoms with Crippen LogP contribution in [0.4, 0.5) is 0 Å². The molecule has 1 aliphatic rings. The van der Waals surface area contributed by atoms with E-state index in [0.29, 0.717) is 5.25 Å². The standard InChI is InChI=1S/C8H14S2/c1-3-8(2)10(9)6-4-5-7-10/h4-9H,3H2,1-2H3. The third-order valence-corrected chi connectivity index (χ3v) is 6.54. The summed E-state index contributed by atoms with van der Waals surface area (Å²) in [5.74, 6) is 0. The van der Waals surface area contributed by atoms with Gasteiger partial charge in [0.05, 0.1) is 0 Å². The van der Waals surface area contributed by atoms with Gasteiger partial charge < -0.3 is 0 Å². The van der Waals surface area contributed by atoms with Gasteiger partial charge in [0.1, 0.15) is 0 Å². The molecule has 0 bridgehead atoms. The molecule has 0 fully saturated rings. The molecule has 0 aromatic carbocycles. The normalized spacial score (nSPS) is 26.7. The van der Waals surface area contributed by atoms with Gasteiger partial charge in [0.25, 0.3) is 0 Å². The second-order valence-corrected chi connectivity index (χ2v) is 7.30. The summed E-state index contributed by atoms with van der Waals surface area (Å²) in [4.78, 5) is 0. The van der Waals surface area contributed by atoms with E-state index < -0.39 is 9.06 Å². The van der Waals surface area contributed by atoms with Gasteiger partial charge in [-0.05, 0) is 17.2 Å². The Labute approximate surface area is 69.5 Å². The lowest BCUT2D eigenvalue weighted by Crippen LogP contribution is -2.02. The van der Waals surface area contributed by atoms with Crippen molar-refractivity contribution in [2.75, 3.05) is 0 Å². The molecular weight excluding hydrogens is 160 g/mol. The highest BCUT2D eigenvalue weighted by Gasteiger charge is 2.21. The summed E-state index contributed by atoms with van der Waals surface area (Å²) in [5.41, 5.74) is 0. The zero-order valence-corrected chi connectivity index (χ0v) is 8.16. The van der Waals surface area contributed by atoms with Gasteiger partial charge >= 0.3 is 0 Å². The van der Waals surface area contributed by atoms with E-state index in [1.165, 1.54) is 6.42 Å². The number of hydrogen-bond acceptors (Lipinski definition) is 1. The van der Waals surface area contributed by atoms with Crippen LogP contribution in [0.3, 0.4) is 0 Å². The highest BCUT2D eigenvalue weighted by Crippen LogP contribution is 2.62. The van der Waals surface area contributed by atoms with E-state index in [-0.39, 0.29) is 0 Å². The number of hydrogen-bond donors (Lipinski definition) is 1. The van der Waals surface area contributed by atoms with E-state index >= 15 is 0 Å². The van der Waals surface area contributed by atoms with Crippen LogP contribution in [0.15, 0.2) is 23.0 Å². The fourth-order valence-corrected chi connectivity index (χ4v) is 3.64. The Morgan fingerprint density at radius 1 is 1.40 bits per heavy atom. The van der Waals surface area contributed by atoms with E-state index in [0.717, 1.165) is 0 Å². The summed E-state index contributed by atoms with van der Waals surface area (Å²) >= 11 is 4.67. The van der Waals surface area contributed by atoms with Gasteiger partial charge in [-0.2, -0.15) is 9.06 Å². The van der Waals surface area contributed by atoms with Crippen molar-refractivity contribution in [1.29, 1.82) is 0 Å². The van der Waals surface area contributed by atoms with Crippen LogP contribution in [0, 0.1) is 0 Å². The molecule has 10 heavy (non-hydrogen) atoms. The van der Waals surface area contributed by atoms with Crippen LogP contribution in [0.1, 0.15) is 20.3 Å². The molecule has 2 heteroatoms. The first-order valence-corrected chi connectivity index (χ1v) is 6.46. The highest BCUT2D eigenvalue weighted by molar-refractivity contribution is 8.90. The average Bonchev–Trinajstić information content (AvgIpc) is 2.36. The van der Waals surface area contributed by atoms with Crippen LogP contribution < -0.4 is 0 Å². The van der Waals surface area contributed by atoms with Crippen molar-refractivity contribution in [2.24, 2.45) is 0 Å². The van der Waals surface area contributed by atoms with Crippen LogP contribution in [0.25, 0.3) is 0 Å². The van der Waals surface area contributed by atoms with E-state index in [1.54, 1.807) is 0 Å². The maximum Gasteiger partial charge on any atom is 0.00105 e. The molecule has 1 rings (SSSR count). The van der Waals surface area contributed by atoms with Gasteiger partial charge in [-0.1, -0.05) is 26.0 Å².